The van der Waals surface area contributed by atoms with E-state index in [0.717, 1.165) is 23.1 Å². The number of para-hydroxylation sites is 1. The van der Waals surface area contributed by atoms with Crippen LogP contribution in [-0.4, -0.2) is 20.6 Å². The smallest absolute Gasteiger partial charge is 0.163 e. The Kier molecular flexibility index (Phi) is 5.35. The third-order valence-electron chi connectivity index (χ3n) is 3.78. The van der Waals surface area contributed by atoms with Crippen LogP contribution in [-0.2, 0) is 6.54 Å². The molecule has 0 bridgehead atoms. The molecule has 0 unspecified atom stereocenters. The minimum Gasteiger partial charge on any atom is -0.488 e. The molecule has 0 fully saturated rings. The molecule has 0 radical (unpaired) electrons. The molecule has 5 nitrogen and oxygen atoms in total. The molecule has 6 heteroatoms. The Labute approximate surface area is 158 Å². The monoisotopic (exact) mass is 366 g/mol. The average Bonchev–Trinajstić information content (AvgIpc) is 2.61. The summed E-state index contributed by atoms with van der Waals surface area (Å²) in [5.74, 6) is 1.52. The maximum Gasteiger partial charge on any atom is 0.163 e. The number of pyridine rings is 1. The van der Waals surface area contributed by atoms with Gasteiger partial charge in [0.15, 0.2) is 5.82 Å². The second kappa shape index (κ2) is 7.70. The number of aryl methyl sites for hydroxylation is 1. The number of halogens is 1. The number of hydrogen-bond donors (Lipinski definition) is 1. The summed E-state index contributed by atoms with van der Waals surface area (Å²) in [7, 11) is 0. The molecule has 0 atom stereocenters. The molecule has 3 rings (SSSR count). The Morgan fingerprint density at radius 1 is 1.15 bits per heavy atom. The summed E-state index contributed by atoms with van der Waals surface area (Å²) >= 11 is 0. The Morgan fingerprint density at radius 3 is 2.70 bits per heavy atom. The highest BCUT2D eigenvalue weighted by molar-refractivity contribution is 5.55. The number of ether oxygens (including phenoxy) is 1. The lowest BCUT2D eigenvalue weighted by Gasteiger charge is -2.25. The van der Waals surface area contributed by atoms with Gasteiger partial charge in [0, 0.05) is 30.1 Å². The summed E-state index contributed by atoms with van der Waals surface area (Å²) in [5, 5.41) is 3.29. The summed E-state index contributed by atoms with van der Waals surface area (Å²) in [6, 6.07) is 9.20. The third-order valence-corrected chi connectivity index (χ3v) is 3.78. The zero-order chi connectivity index (χ0) is 19.4. The van der Waals surface area contributed by atoms with Gasteiger partial charge < -0.3 is 10.1 Å². The van der Waals surface area contributed by atoms with E-state index in [1.165, 1.54) is 12.3 Å². The van der Waals surface area contributed by atoms with Crippen molar-refractivity contribution in [3.8, 4) is 17.1 Å². The SMILES string of the molecule is Cc1cccc(CNc2ccnc(-c3cncc(F)c3)n2)c1OC(C)(C)C. The van der Waals surface area contributed by atoms with Crippen molar-refractivity contribution in [3.63, 3.8) is 0 Å². The zero-order valence-corrected chi connectivity index (χ0v) is 16.0. The summed E-state index contributed by atoms with van der Waals surface area (Å²) < 4.78 is 19.5. The van der Waals surface area contributed by atoms with Crippen molar-refractivity contribution in [2.75, 3.05) is 5.32 Å². The molecule has 0 aliphatic heterocycles. The molecular formula is C21H23FN4O. The Bertz CT molecular complexity index is 937. The predicted octanol–water partition coefficient (Wildman–Crippen LogP) is 4.78. The number of rotatable bonds is 5. The number of nitrogens with zero attached hydrogens (tertiary/aromatic N) is 3. The van der Waals surface area contributed by atoms with Crippen LogP contribution in [0.4, 0.5) is 10.2 Å². The van der Waals surface area contributed by atoms with Gasteiger partial charge in [-0.15, -0.1) is 0 Å². The van der Waals surface area contributed by atoms with Crippen LogP contribution in [0.15, 0.2) is 48.9 Å². The largest absolute Gasteiger partial charge is 0.488 e. The molecule has 140 valence electrons. The first-order valence-corrected chi connectivity index (χ1v) is 8.77. The summed E-state index contributed by atoms with van der Waals surface area (Å²) in [6.45, 7) is 8.66. The van der Waals surface area contributed by atoms with E-state index >= 15 is 0 Å². The van der Waals surface area contributed by atoms with Gasteiger partial charge >= 0.3 is 0 Å². The van der Waals surface area contributed by atoms with E-state index in [2.05, 4.69) is 20.3 Å². The van der Waals surface area contributed by atoms with Gasteiger partial charge in [0.05, 0.1) is 6.20 Å². The van der Waals surface area contributed by atoms with Gasteiger partial charge in [0.25, 0.3) is 0 Å². The van der Waals surface area contributed by atoms with E-state index in [4.69, 9.17) is 4.74 Å². The maximum absolute atomic E-state index is 13.4. The Morgan fingerprint density at radius 2 is 1.96 bits per heavy atom. The fraction of sp³-hybridized carbons (Fsp3) is 0.286. The maximum atomic E-state index is 13.4. The molecule has 1 N–H and O–H groups in total. The molecule has 2 aromatic heterocycles. The van der Waals surface area contributed by atoms with Crippen LogP contribution in [0.5, 0.6) is 5.75 Å². The van der Waals surface area contributed by atoms with Gasteiger partial charge in [-0.2, -0.15) is 0 Å². The first-order valence-electron chi connectivity index (χ1n) is 8.77. The fourth-order valence-corrected chi connectivity index (χ4v) is 2.62. The second-order valence-corrected chi connectivity index (χ2v) is 7.29. The Hall–Kier alpha value is -3.02. The second-order valence-electron chi connectivity index (χ2n) is 7.29. The van der Waals surface area contributed by atoms with Crippen molar-refractivity contribution < 1.29 is 9.13 Å². The minimum atomic E-state index is -0.418. The van der Waals surface area contributed by atoms with Crippen LogP contribution in [0, 0.1) is 12.7 Å². The molecule has 1 aromatic carbocycles. The minimum absolute atomic E-state index is 0.284. The summed E-state index contributed by atoms with van der Waals surface area (Å²) in [4.78, 5) is 12.5. The highest BCUT2D eigenvalue weighted by atomic mass is 19.1. The van der Waals surface area contributed by atoms with E-state index in [1.54, 1.807) is 12.3 Å². The fourth-order valence-electron chi connectivity index (χ4n) is 2.62. The van der Waals surface area contributed by atoms with Crippen LogP contribution in [0.3, 0.4) is 0 Å². The molecule has 0 amide bonds. The van der Waals surface area contributed by atoms with Crippen molar-refractivity contribution in [2.24, 2.45) is 0 Å². The highest BCUT2D eigenvalue weighted by Gasteiger charge is 2.16. The van der Waals surface area contributed by atoms with Crippen LogP contribution in [0.25, 0.3) is 11.4 Å². The van der Waals surface area contributed by atoms with Crippen molar-refractivity contribution in [2.45, 2.75) is 39.8 Å². The first-order chi connectivity index (χ1) is 12.8. The third kappa shape index (κ3) is 5.00. The molecule has 3 aromatic rings. The number of nitrogens with one attached hydrogen (secondary N) is 1. The van der Waals surface area contributed by atoms with Crippen LogP contribution in [0.2, 0.25) is 0 Å². The van der Waals surface area contributed by atoms with Crippen LogP contribution >= 0.6 is 0 Å². The van der Waals surface area contributed by atoms with E-state index in [0.29, 0.717) is 23.8 Å². The number of anilines is 1. The molecular weight excluding hydrogens is 343 g/mol. The van der Waals surface area contributed by atoms with Crippen molar-refractivity contribution in [1.29, 1.82) is 0 Å². The average molecular weight is 366 g/mol. The molecule has 0 saturated heterocycles. The van der Waals surface area contributed by atoms with Gasteiger partial charge in [0.1, 0.15) is 23.0 Å². The quantitative estimate of drug-likeness (QED) is 0.704. The molecule has 0 spiro atoms. The van der Waals surface area contributed by atoms with Gasteiger partial charge in [-0.05, 0) is 45.4 Å². The molecule has 27 heavy (non-hydrogen) atoms. The van der Waals surface area contributed by atoms with Crippen molar-refractivity contribution in [3.05, 3.63) is 65.9 Å². The molecule has 2 heterocycles. The standard InChI is InChI=1S/C21H23FN4O/c1-14-6-5-7-15(19(14)27-21(2,3)4)12-25-18-8-9-24-20(26-18)16-10-17(22)13-23-11-16/h5-11,13H,12H2,1-4H3,(H,24,25,26). The van der Waals surface area contributed by atoms with Crippen molar-refractivity contribution in [1.82, 2.24) is 15.0 Å². The number of aromatic nitrogens is 3. The van der Waals surface area contributed by atoms with Gasteiger partial charge in [-0.25, -0.2) is 14.4 Å². The molecule has 0 aliphatic carbocycles. The number of benzene rings is 1. The van der Waals surface area contributed by atoms with Crippen LogP contribution in [0.1, 0.15) is 31.9 Å². The highest BCUT2D eigenvalue weighted by Crippen LogP contribution is 2.28. The summed E-state index contributed by atoms with van der Waals surface area (Å²) in [6.07, 6.45) is 4.33. The van der Waals surface area contributed by atoms with E-state index < -0.39 is 5.82 Å². The van der Waals surface area contributed by atoms with E-state index in [1.807, 2.05) is 45.9 Å². The number of hydrogen-bond acceptors (Lipinski definition) is 5. The lowest BCUT2D eigenvalue weighted by molar-refractivity contribution is 0.128. The molecule has 0 aliphatic rings. The topological polar surface area (TPSA) is 59.9 Å². The van der Waals surface area contributed by atoms with E-state index in [9.17, 15) is 4.39 Å². The van der Waals surface area contributed by atoms with Gasteiger partial charge in [0.2, 0.25) is 0 Å². The molecule has 0 saturated carbocycles. The predicted molar refractivity (Wildman–Crippen MR) is 104 cm³/mol. The lowest BCUT2D eigenvalue weighted by Crippen LogP contribution is -2.24. The summed E-state index contributed by atoms with van der Waals surface area (Å²) in [5.41, 5.74) is 2.37. The van der Waals surface area contributed by atoms with Gasteiger partial charge in [-0.3, -0.25) is 4.98 Å². The van der Waals surface area contributed by atoms with Crippen molar-refractivity contribution >= 4 is 5.82 Å². The zero-order valence-electron chi connectivity index (χ0n) is 16.0. The Balaban J connectivity index is 1.80. The lowest BCUT2D eigenvalue weighted by atomic mass is 10.1. The van der Waals surface area contributed by atoms with Crippen LogP contribution < -0.4 is 10.1 Å². The normalized spacial score (nSPS) is 11.3. The van der Waals surface area contributed by atoms with Gasteiger partial charge in [-0.1, -0.05) is 18.2 Å². The van der Waals surface area contributed by atoms with E-state index in [-0.39, 0.29) is 5.60 Å². The first kappa shape index (κ1) is 18.8.